The van der Waals surface area contributed by atoms with Crippen molar-refractivity contribution in [1.82, 2.24) is 9.55 Å². The largest absolute Gasteiger partial charge is 0.466 e. The van der Waals surface area contributed by atoms with E-state index in [1.165, 1.54) is 7.11 Å². The molecular weight excluding hydrogens is 434 g/mol. The van der Waals surface area contributed by atoms with Crippen molar-refractivity contribution in [3.63, 3.8) is 0 Å². The molecule has 0 aliphatic rings. The van der Waals surface area contributed by atoms with E-state index in [0.29, 0.717) is 18.5 Å². The Hall–Kier alpha value is -3.05. The monoisotopic (exact) mass is 465 g/mol. The summed E-state index contributed by atoms with van der Waals surface area (Å²) >= 11 is 6.44. The summed E-state index contributed by atoms with van der Waals surface area (Å²) in [5.74, 6) is 0.648. The van der Waals surface area contributed by atoms with Crippen LogP contribution in [0.5, 0.6) is 0 Å². The van der Waals surface area contributed by atoms with Crippen molar-refractivity contribution in [2.75, 3.05) is 26.1 Å². The van der Waals surface area contributed by atoms with Gasteiger partial charge in [0, 0.05) is 43.2 Å². The van der Waals surface area contributed by atoms with E-state index >= 15 is 0 Å². The minimum Gasteiger partial charge on any atom is -0.466 e. The van der Waals surface area contributed by atoms with Crippen LogP contribution in [0.1, 0.15) is 42.4 Å². The molecule has 6 heteroatoms. The fraction of sp³-hybridized carbons (Fsp3) is 0.333. The minimum atomic E-state index is -0.340. The maximum absolute atomic E-state index is 12.6. The van der Waals surface area contributed by atoms with Crippen molar-refractivity contribution < 1.29 is 9.53 Å². The normalized spacial score (nSPS) is 11.5. The summed E-state index contributed by atoms with van der Waals surface area (Å²) < 4.78 is 7.25. The molecule has 0 fully saturated rings. The van der Waals surface area contributed by atoms with E-state index < -0.39 is 0 Å². The summed E-state index contributed by atoms with van der Waals surface area (Å²) in [6.07, 6.45) is 7.20. The summed E-state index contributed by atoms with van der Waals surface area (Å²) in [6.45, 7) is 2.76. The second-order valence-electron chi connectivity index (χ2n) is 8.28. The Morgan fingerprint density at radius 3 is 2.52 bits per heavy atom. The molecule has 1 heterocycles. The number of hydrogen-bond acceptors (Lipinski definition) is 4. The molecule has 33 heavy (non-hydrogen) atoms. The number of anilines is 1. The van der Waals surface area contributed by atoms with Crippen molar-refractivity contribution in [2.45, 2.75) is 39.2 Å². The van der Waals surface area contributed by atoms with E-state index in [2.05, 4.69) is 28.6 Å². The van der Waals surface area contributed by atoms with Crippen molar-refractivity contribution in [1.29, 1.82) is 0 Å². The Kier molecular flexibility index (Phi) is 8.72. The highest BCUT2D eigenvalue weighted by molar-refractivity contribution is 6.31. The minimum absolute atomic E-state index is 0.340. The van der Waals surface area contributed by atoms with Crippen LogP contribution in [0.2, 0.25) is 5.02 Å². The van der Waals surface area contributed by atoms with E-state index in [-0.39, 0.29) is 5.97 Å². The molecule has 0 saturated carbocycles. The van der Waals surface area contributed by atoms with Crippen molar-refractivity contribution >= 4 is 29.3 Å². The first-order valence-electron chi connectivity index (χ1n) is 11.3. The van der Waals surface area contributed by atoms with Gasteiger partial charge in [0.2, 0.25) is 0 Å². The summed E-state index contributed by atoms with van der Waals surface area (Å²) in [6, 6.07) is 16.0. The van der Waals surface area contributed by atoms with Gasteiger partial charge in [0.15, 0.2) is 0 Å². The van der Waals surface area contributed by atoms with E-state index in [0.717, 1.165) is 52.6 Å². The molecule has 3 aromatic rings. The van der Waals surface area contributed by atoms with Crippen LogP contribution in [0.15, 0.2) is 60.3 Å². The SMILES string of the molecule is CCCCc1ncc(/C=C(\Cc2ccc(N(C)C)cc2)C(=O)OC)n1Cc1ccccc1Cl. The first-order valence-corrected chi connectivity index (χ1v) is 11.6. The Morgan fingerprint density at radius 2 is 1.88 bits per heavy atom. The van der Waals surface area contributed by atoms with E-state index in [9.17, 15) is 4.79 Å². The van der Waals surface area contributed by atoms with Gasteiger partial charge >= 0.3 is 5.97 Å². The molecular formula is C27H32ClN3O2. The first-order chi connectivity index (χ1) is 15.9. The lowest BCUT2D eigenvalue weighted by Crippen LogP contribution is -2.11. The molecule has 0 spiro atoms. The molecule has 0 amide bonds. The highest BCUT2D eigenvalue weighted by Crippen LogP contribution is 2.22. The fourth-order valence-electron chi connectivity index (χ4n) is 3.68. The van der Waals surface area contributed by atoms with Crippen LogP contribution in [-0.2, 0) is 28.9 Å². The topological polar surface area (TPSA) is 47.4 Å². The summed E-state index contributed by atoms with van der Waals surface area (Å²) in [7, 11) is 5.43. The zero-order chi connectivity index (χ0) is 23.8. The Labute approximate surface area is 201 Å². The predicted molar refractivity (Wildman–Crippen MR) is 136 cm³/mol. The zero-order valence-corrected chi connectivity index (χ0v) is 20.6. The maximum Gasteiger partial charge on any atom is 0.334 e. The second kappa shape index (κ2) is 11.7. The highest BCUT2D eigenvalue weighted by Gasteiger charge is 2.16. The molecule has 0 aliphatic heterocycles. The van der Waals surface area contributed by atoms with Crippen LogP contribution in [0.4, 0.5) is 5.69 Å². The molecule has 0 aliphatic carbocycles. The second-order valence-corrected chi connectivity index (χ2v) is 8.69. The maximum atomic E-state index is 12.6. The number of aryl methyl sites for hydroxylation is 1. The summed E-state index contributed by atoms with van der Waals surface area (Å²) in [5.41, 5.74) is 4.62. The van der Waals surface area contributed by atoms with Gasteiger partial charge in [-0.2, -0.15) is 0 Å². The Balaban J connectivity index is 1.97. The molecule has 174 valence electrons. The van der Waals surface area contributed by atoms with Crippen molar-refractivity contribution in [3.8, 4) is 0 Å². The third kappa shape index (κ3) is 6.48. The number of carbonyl (C=O) groups is 1. The molecule has 0 radical (unpaired) electrons. The molecule has 2 aromatic carbocycles. The number of nitrogens with zero attached hydrogens (tertiary/aromatic N) is 3. The average Bonchev–Trinajstić information content (AvgIpc) is 3.19. The lowest BCUT2D eigenvalue weighted by Gasteiger charge is -2.14. The molecule has 5 nitrogen and oxygen atoms in total. The number of benzene rings is 2. The Bertz CT molecular complexity index is 1100. The number of hydrogen-bond donors (Lipinski definition) is 0. The molecule has 0 N–H and O–H groups in total. The number of rotatable bonds is 10. The lowest BCUT2D eigenvalue weighted by molar-refractivity contribution is -0.136. The third-order valence-corrected chi connectivity index (χ3v) is 6.00. The molecule has 0 saturated heterocycles. The lowest BCUT2D eigenvalue weighted by atomic mass is 10.0. The van der Waals surface area contributed by atoms with E-state index in [1.807, 2.05) is 67.7 Å². The molecule has 0 atom stereocenters. The van der Waals surface area contributed by atoms with Gasteiger partial charge in [-0.3, -0.25) is 0 Å². The van der Waals surface area contributed by atoms with Crippen molar-refractivity contribution in [2.24, 2.45) is 0 Å². The number of unbranched alkanes of at least 4 members (excludes halogenated alkanes) is 1. The molecule has 3 rings (SSSR count). The van der Waals surface area contributed by atoms with Crippen LogP contribution in [0.3, 0.4) is 0 Å². The van der Waals surface area contributed by atoms with Gasteiger partial charge in [-0.15, -0.1) is 0 Å². The van der Waals surface area contributed by atoms with Crippen LogP contribution < -0.4 is 4.90 Å². The van der Waals surface area contributed by atoms with Crippen molar-refractivity contribution in [3.05, 3.63) is 88.0 Å². The van der Waals surface area contributed by atoms with Gasteiger partial charge < -0.3 is 14.2 Å². The quantitative estimate of drug-likeness (QED) is 0.281. The summed E-state index contributed by atoms with van der Waals surface area (Å²) in [5, 5.41) is 0.719. The number of imidazole rings is 1. The standard InChI is InChI=1S/C27H32ClN3O2/c1-5-6-11-26-29-18-24(31(26)19-21-9-7-8-10-25(21)28)17-22(27(32)33-4)16-20-12-14-23(15-13-20)30(2)3/h7-10,12-15,17-18H,5-6,11,16,19H2,1-4H3/b22-17+. The van der Waals surface area contributed by atoms with Crippen LogP contribution in [0, 0.1) is 0 Å². The van der Waals surface area contributed by atoms with Gasteiger partial charge in [0.05, 0.1) is 25.5 Å². The summed E-state index contributed by atoms with van der Waals surface area (Å²) in [4.78, 5) is 19.4. The zero-order valence-electron chi connectivity index (χ0n) is 19.8. The third-order valence-electron chi connectivity index (χ3n) is 5.63. The van der Waals surface area contributed by atoms with E-state index in [4.69, 9.17) is 16.3 Å². The van der Waals surface area contributed by atoms with Gasteiger partial charge in [-0.05, 0) is 41.8 Å². The highest BCUT2D eigenvalue weighted by atomic mass is 35.5. The van der Waals surface area contributed by atoms with E-state index in [1.54, 1.807) is 0 Å². The van der Waals surface area contributed by atoms with Crippen LogP contribution in [-0.4, -0.2) is 36.7 Å². The van der Waals surface area contributed by atoms with Gasteiger partial charge in [-0.1, -0.05) is 55.3 Å². The Morgan fingerprint density at radius 1 is 1.15 bits per heavy atom. The van der Waals surface area contributed by atoms with Gasteiger partial charge in [-0.25, -0.2) is 9.78 Å². The smallest absolute Gasteiger partial charge is 0.334 e. The molecule has 0 bridgehead atoms. The average molecular weight is 466 g/mol. The number of halogens is 1. The fourth-order valence-corrected chi connectivity index (χ4v) is 3.88. The van der Waals surface area contributed by atoms with Crippen LogP contribution >= 0.6 is 11.6 Å². The van der Waals surface area contributed by atoms with Crippen LogP contribution in [0.25, 0.3) is 6.08 Å². The molecule has 0 unspecified atom stereocenters. The van der Waals surface area contributed by atoms with Gasteiger partial charge in [0.25, 0.3) is 0 Å². The number of carbonyl (C=O) groups excluding carboxylic acids is 1. The number of aromatic nitrogens is 2. The molecule has 1 aromatic heterocycles. The predicted octanol–water partition coefficient (Wildman–Crippen LogP) is 5.79. The number of ether oxygens (including phenoxy) is 1. The number of methoxy groups -OCH3 is 1. The first kappa shape index (κ1) is 24.6. The number of esters is 1. The van der Waals surface area contributed by atoms with Gasteiger partial charge in [0.1, 0.15) is 5.82 Å².